The first kappa shape index (κ1) is 44.0. The van der Waals surface area contributed by atoms with E-state index in [2.05, 4.69) is 313 Å². The van der Waals surface area contributed by atoms with Gasteiger partial charge in [0.2, 0.25) is 0 Å². The van der Waals surface area contributed by atoms with Gasteiger partial charge >= 0.3 is 0 Å². The molecule has 0 radical (unpaired) electrons. The Labute approximate surface area is 438 Å². The van der Waals surface area contributed by atoms with Crippen LogP contribution in [-0.4, -0.2) is 4.57 Å². The van der Waals surface area contributed by atoms with Gasteiger partial charge in [0.05, 0.1) is 22.1 Å². The maximum absolute atomic E-state index is 2.52. The Morgan fingerprint density at radius 3 is 1.40 bits per heavy atom. The van der Waals surface area contributed by atoms with Crippen molar-refractivity contribution in [2.45, 2.75) is 5.41 Å². The lowest BCUT2D eigenvalue weighted by molar-refractivity contribution is 0.768. The van der Waals surface area contributed by atoms with Crippen LogP contribution >= 0.6 is 0 Å². The van der Waals surface area contributed by atoms with E-state index >= 15 is 0 Å². The van der Waals surface area contributed by atoms with E-state index in [1.807, 2.05) is 0 Å². The van der Waals surface area contributed by atoms with Crippen LogP contribution in [0.15, 0.2) is 303 Å². The van der Waals surface area contributed by atoms with E-state index in [1.165, 1.54) is 94.3 Å². The molecule has 13 aromatic rings. The highest BCUT2D eigenvalue weighted by Crippen LogP contribution is 2.58. The van der Waals surface area contributed by atoms with Gasteiger partial charge in [0.25, 0.3) is 0 Å². The second-order valence-electron chi connectivity index (χ2n) is 19.6. The van der Waals surface area contributed by atoms with E-state index in [1.54, 1.807) is 0 Å². The molecule has 12 aromatic carbocycles. The standard InChI is InChI=1S/C73H50N2/c1-5-21-53(22-6-1)62-31-13-14-32-63(62)54-43-46-60(47-44-54)74(59-28-11-4-12-29-59)61-30-19-23-55(49-61)51-39-41-52(42-40-51)56-45-48-65-64-33-16-18-37-69(64)75(71(65)50-56)70-38-20-36-68-72(70)66-34-15-17-35-67(66)73(68,57-24-7-2-8-25-57)58-26-9-3-10-27-58/h1-50H. The van der Waals surface area contributed by atoms with Crippen LogP contribution in [-0.2, 0) is 5.41 Å². The number of para-hydroxylation sites is 2. The van der Waals surface area contributed by atoms with Crippen molar-refractivity contribution in [2.75, 3.05) is 4.90 Å². The molecule has 352 valence electrons. The Morgan fingerprint density at radius 2 is 0.720 bits per heavy atom. The zero-order valence-corrected chi connectivity index (χ0v) is 41.3. The Kier molecular flexibility index (Phi) is 10.8. The van der Waals surface area contributed by atoms with E-state index in [-0.39, 0.29) is 0 Å². The number of fused-ring (bicyclic) bond motifs is 6. The minimum absolute atomic E-state index is 0.489. The Bertz CT molecular complexity index is 4160. The van der Waals surface area contributed by atoms with E-state index in [4.69, 9.17) is 0 Å². The van der Waals surface area contributed by atoms with Gasteiger partial charge in [-0.05, 0) is 127 Å². The maximum Gasteiger partial charge on any atom is 0.0714 e. The third-order valence-corrected chi connectivity index (χ3v) is 15.5. The molecular weight excluding hydrogens is 905 g/mol. The first-order valence-corrected chi connectivity index (χ1v) is 25.9. The summed E-state index contributed by atoms with van der Waals surface area (Å²) in [4.78, 5) is 2.35. The molecule has 75 heavy (non-hydrogen) atoms. The number of benzene rings is 12. The van der Waals surface area contributed by atoms with Crippen LogP contribution in [0.1, 0.15) is 22.3 Å². The summed E-state index contributed by atoms with van der Waals surface area (Å²) in [5, 5.41) is 2.48. The molecule has 0 aliphatic heterocycles. The quantitative estimate of drug-likeness (QED) is 0.133. The van der Waals surface area contributed by atoms with Crippen molar-refractivity contribution < 1.29 is 0 Å². The summed E-state index contributed by atoms with van der Waals surface area (Å²) >= 11 is 0. The number of rotatable bonds is 10. The summed E-state index contributed by atoms with van der Waals surface area (Å²) < 4.78 is 2.52. The number of aromatic nitrogens is 1. The van der Waals surface area contributed by atoms with Crippen LogP contribution in [0.2, 0.25) is 0 Å². The van der Waals surface area contributed by atoms with Gasteiger partial charge in [0, 0.05) is 33.4 Å². The summed E-state index contributed by atoms with van der Waals surface area (Å²) in [5.41, 5.74) is 23.5. The second-order valence-corrected chi connectivity index (χ2v) is 19.6. The number of nitrogens with zero attached hydrogens (tertiary/aromatic N) is 2. The molecule has 1 aliphatic carbocycles. The Balaban J connectivity index is 0.840. The molecule has 0 amide bonds. The van der Waals surface area contributed by atoms with Crippen molar-refractivity contribution in [3.05, 3.63) is 326 Å². The van der Waals surface area contributed by atoms with Crippen LogP contribution in [0, 0.1) is 0 Å². The number of anilines is 3. The van der Waals surface area contributed by atoms with E-state index < -0.39 is 5.41 Å². The molecule has 1 aliphatic rings. The van der Waals surface area contributed by atoms with E-state index in [9.17, 15) is 0 Å². The maximum atomic E-state index is 2.52. The van der Waals surface area contributed by atoms with Gasteiger partial charge in [0.1, 0.15) is 0 Å². The highest BCUT2D eigenvalue weighted by Gasteiger charge is 2.47. The largest absolute Gasteiger partial charge is 0.310 e. The lowest BCUT2D eigenvalue weighted by atomic mass is 9.68. The molecular formula is C73H50N2. The fourth-order valence-corrected chi connectivity index (χ4v) is 12.2. The van der Waals surface area contributed by atoms with Crippen molar-refractivity contribution in [3.63, 3.8) is 0 Å². The van der Waals surface area contributed by atoms with Crippen molar-refractivity contribution in [2.24, 2.45) is 0 Å². The van der Waals surface area contributed by atoms with Gasteiger partial charge in [0.15, 0.2) is 0 Å². The lowest BCUT2D eigenvalue weighted by Crippen LogP contribution is -2.28. The summed E-state index contributed by atoms with van der Waals surface area (Å²) in [6, 6.07) is 111. The molecule has 0 bridgehead atoms. The van der Waals surface area contributed by atoms with Crippen molar-refractivity contribution in [1.29, 1.82) is 0 Å². The topological polar surface area (TPSA) is 8.17 Å². The van der Waals surface area contributed by atoms with Gasteiger partial charge in [-0.2, -0.15) is 0 Å². The van der Waals surface area contributed by atoms with Gasteiger partial charge in [-0.15, -0.1) is 0 Å². The van der Waals surface area contributed by atoms with Gasteiger partial charge in [-0.3, -0.25) is 0 Å². The number of hydrogen-bond acceptors (Lipinski definition) is 1. The first-order valence-electron chi connectivity index (χ1n) is 25.9. The molecule has 0 N–H and O–H groups in total. The van der Waals surface area contributed by atoms with Crippen molar-refractivity contribution in [3.8, 4) is 61.3 Å². The first-order chi connectivity index (χ1) is 37.2. The monoisotopic (exact) mass is 954 g/mol. The molecule has 14 rings (SSSR count). The van der Waals surface area contributed by atoms with Crippen LogP contribution in [0.5, 0.6) is 0 Å². The zero-order chi connectivity index (χ0) is 49.7. The van der Waals surface area contributed by atoms with Crippen LogP contribution < -0.4 is 4.90 Å². The second kappa shape index (κ2) is 18.4. The van der Waals surface area contributed by atoms with Crippen molar-refractivity contribution >= 4 is 38.9 Å². The molecule has 0 spiro atoms. The SMILES string of the molecule is c1ccc(-c2ccccc2-c2ccc(N(c3ccccc3)c3cccc(-c4ccc(-c5ccc6c7ccccc7n(-c7cccc8c7-c7ccccc7C8(c7ccccc7)c7ccccc7)c6c5)cc4)c3)cc2)cc1. The van der Waals surface area contributed by atoms with E-state index in [0.717, 1.165) is 28.2 Å². The Hall–Kier alpha value is -9.76. The average Bonchev–Trinajstić information content (AvgIpc) is 4.07. The zero-order valence-electron chi connectivity index (χ0n) is 41.3. The Morgan fingerprint density at radius 1 is 0.267 bits per heavy atom. The summed E-state index contributed by atoms with van der Waals surface area (Å²) in [6.07, 6.45) is 0. The minimum atomic E-state index is -0.489. The van der Waals surface area contributed by atoms with Crippen LogP contribution in [0.4, 0.5) is 17.1 Å². The summed E-state index contributed by atoms with van der Waals surface area (Å²) in [5.74, 6) is 0. The van der Waals surface area contributed by atoms with Gasteiger partial charge in [-0.25, -0.2) is 0 Å². The molecule has 0 atom stereocenters. The average molecular weight is 955 g/mol. The molecule has 1 heterocycles. The highest BCUT2D eigenvalue weighted by molar-refractivity contribution is 6.11. The third-order valence-electron chi connectivity index (χ3n) is 15.5. The number of hydrogen-bond donors (Lipinski definition) is 0. The molecule has 2 nitrogen and oxygen atoms in total. The normalized spacial score (nSPS) is 12.4. The van der Waals surface area contributed by atoms with Crippen molar-refractivity contribution in [1.82, 2.24) is 4.57 Å². The predicted molar refractivity (Wildman–Crippen MR) is 315 cm³/mol. The summed E-state index contributed by atoms with van der Waals surface area (Å²) in [7, 11) is 0. The van der Waals surface area contributed by atoms with E-state index in [0.29, 0.717) is 0 Å². The molecule has 0 saturated heterocycles. The molecule has 2 heteroatoms. The summed E-state index contributed by atoms with van der Waals surface area (Å²) in [6.45, 7) is 0. The molecule has 0 fully saturated rings. The minimum Gasteiger partial charge on any atom is -0.310 e. The molecule has 0 unspecified atom stereocenters. The lowest BCUT2D eigenvalue weighted by Gasteiger charge is -2.34. The smallest absolute Gasteiger partial charge is 0.0714 e. The predicted octanol–water partition coefficient (Wildman–Crippen LogP) is 19.3. The molecule has 0 saturated carbocycles. The van der Waals surface area contributed by atoms with Gasteiger partial charge in [-0.1, -0.05) is 249 Å². The van der Waals surface area contributed by atoms with Crippen LogP contribution in [0.3, 0.4) is 0 Å². The highest BCUT2D eigenvalue weighted by atomic mass is 15.1. The third kappa shape index (κ3) is 7.33. The fraction of sp³-hybridized carbons (Fsp3) is 0.0137. The molecule has 1 aromatic heterocycles. The van der Waals surface area contributed by atoms with Crippen LogP contribution in [0.25, 0.3) is 83.1 Å². The van der Waals surface area contributed by atoms with Gasteiger partial charge < -0.3 is 9.47 Å². The fourth-order valence-electron chi connectivity index (χ4n) is 12.2.